The van der Waals surface area contributed by atoms with Crippen molar-refractivity contribution in [1.82, 2.24) is 10.3 Å². The highest BCUT2D eigenvalue weighted by Gasteiger charge is 2.11. The van der Waals surface area contributed by atoms with Crippen LogP contribution < -0.4 is 10.2 Å². The molecule has 0 amide bonds. The minimum atomic E-state index is 0. The summed E-state index contributed by atoms with van der Waals surface area (Å²) in [5.41, 5.74) is 0.675. The Kier molecular flexibility index (Phi) is 6.82. The molecule has 2 heterocycles. The topological polar surface area (TPSA) is 52.0 Å². The van der Waals surface area contributed by atoms with Gasteiger partial charge in [-0.25, -0.2) is 4.98 Å². The molecule has 16 heavy (non-hydrogen) atoms. The van der Waals surface area contributed by atoms with Crippen LogP contribution in [-0.2, 0) is 0 Å². The van der Waals surface area contributed by atoms with E-state index in [9.17, 15) is 0 Å². The zero-order valence-electron chi connectivity index (χ0n) is 8.72. The van der Waals surface area contributed by atoms with Gasteiger partial charge in [0.25, 0.3) is 0 Å². The maximum Gasteiger partial charge on any atom is 0.129 e. The van der Waals surface area contributed by atoms with Gasteiger partial charge in [0.2, 0.25) is 0 Å². The molecule has 0 bridgehead atoms. The molecule has 1 aromatic heterocycles. The Hall–Kier alpha value is -1.02. The number of hydrogen-bond donors (Lipinski definition) is 1. The van der Waals surface area contributed by atoms with Gasteiger partial charge in [-0.2, -0.15) is 5.26 Å². The van der Waals surface area contributed by atoms with Crippen LogP contribution in [0.2, 0.25) is 0 Å². The molecular formula is C10H14Cl2N4. The van der Waals surface area contributed by atoms with Crippen molar-refractivity contribution >= 4 is 30.6 Å². The highest BCUT2D eigenvalue weighted by Crippen LogP contribution is 2.12. The van der Waals surface area contributed by atoms with Crippen molar-refractivity contribution in [1.29, 1.82) is 5.26 Å². The lowest BCUT2D eigenvalue weighted by Gasteiger charge is -2.28. The van der Waals surface area contributed by atoms with E-state index in [0.29, 0.717) is 5.56 Å². The summed E-state index contributed by atoms with van der Waals surface area (Å²) >= 11 is 0. The summed E-state index contributed by atoms with van der Waals surface area (Å²) in [5, 5.41) is 12.0. The van der Waals surface area contributed by atoms with E-state index < -0.39 is 0 Å². The molecule has 0 aliphatic carbocycles. The quantitative estimate of drug-likeness (QED) is 0.825. The third-order valence-corrected chi connectivity index (χ3v) is 2.32. The van der Waals surface area contributed by atoms with Gasteiger partial charge in [0.15, 0.2) is 0 Å². The van der Waals surface area contributed by atoms with Gasteiger partial charge in [-0.1, -0.05) is 0 Å². The van der Waals surface area contributed by atoms with Gasteiger partial charge in [-0.05, 0) is 12.1 Å². The fraction of sp³-hybridized carbons (Fsp3) is 0.400. The van der Waals surface area contributed by atoms with Crippen LogP contribution in [0.1, 0.15) is 5.56 Å². The van der Waals surface area contributed by atoms with Crippen molar-refractivity contribution in [2.75, 3.05) is 31.1 Å². The first-order chi connectivity index (χ1) is 6.90. The predicted molar refractivity (Wildman–Crippen MR) is 68.5 cm³/mol. The molecule has 1 aliphatic heterocycles. The number of halogens is 2. The lowest BCUT2D eigenvalue weighted by molar-refractivity contribution is 0.585. The Morgan fingerprint density at radius 3 is 2.62 bits per heavy atom. The highest BCUT2D eigenvalue weighted by molar-refractivity contribution is 5.85. The molecule has 88 valence electrons. The van der Waals surface area contributed by atoms with Gasteiger partial charge in [0, 0.05) is 32.4 Å². The standard InChI is InChI=1S/C10H12N4.2ClH/c11-8-9-1-2-13-10(7-9)14-5-3-12-4-6-14;;/h1-2,7,12H,3-6H2;2*1H. The molecule has 1 aromatic rings. The Bertz CT molecular complexity index is 358. The highest BCUT2D eigenvalue weighted by atomic mass is 35.5. The lowest BCUT2D eigenvalue weighted by Crippen LogP contribution is -2.43. The van der Waals surface area contributed by atoms with Crippen molar-refractivity contribution in [3.63, 3.8) is 0 Å². The van der Waals surface area contributed by atoms with E-state index in [-0.39, 0.29) is 24.8 Å². The summed E-state index contributed by atoms with van der Waals surface area (Å²) < 4.78 is 0. The predicted octanol–water partition coefficient (Wildman–Crippen LogP) is 1.21. The van der Waals surface area contributed by atoms with Gasteiger partial charge >= 0.3 is 0 Å². The van der Waals surface area contributed by atoms with Crippen LogP contribution >= 0.6 is 24.8 Å². The van der Waals surface area contributed by atoms with E-state index in [1.165, 1.54) is 0 Å². The number of anilines is 1. The zero-order valence-corrected chi connectivity index (χ0v) is 10.4. The summed E-state index contributed by atoms with van der Waals surface area (Å²) in [6.45, 7) is 3.89. The summed E-state index contributed by atoms with van der Waals surface area (Å²) in [5.74, 6) is 0.908. The van der Waals surface area contributed by atoms with Crippen LogP contribution in [0, 0.1) is 11.3 Å². The third kappa shape index (κ3) is 3.53. The molecule has 4 nitrogen and oxygen atoms in total. The average molecular weight is 261 g/mol. The Morgan fingerprint density at radius 2 is 2.00 bits per heavy atom. The summed E-state index contributed by atoms with van der Waals surface area (Å²) in [4.78, 5) is 6.45. The van der Waals surface area contributed by atoms with E-state index in [0.717, 1.165) is 32.0 Å². The summed E-state index contributed by atoms with van der Waals surface area (Å²) in [7, 11) is 0. The molecule has 2 rings (SSSR count). The fourth-order valence-electron chi connectivity index (χ4n) is 1.55. The molecule has 0 atom stereocenters. The fourth-order valence-corrected chi connectivity index (χ4v) is 1.55. The average Bonchev–Trinajstić information content (AvgIpc) is 2.30. The minimum Gasteiger partial charge on any atom is -0.354 e. The summed E-state index contributed by atoms with van der Waals surface area (Å²) in [6.07, 6.45) is 1.69. The number of aromatic nitrogens is 1. The monoisotopic (exact) mass is 260 g/mol. The first-order valence-corrected chi connectivity index (χ1v) is 4.72. The first kappa shape index (κ1) is 15.0. The van der Waals surface area contributed by atoms with Crippen LogP contribution in [0.25, 0.3) is 0 Å². The Labute approximate surface area is 107 Å². The molecule has 0 spiro atoms. The third-order valence-electron chi connectivity index (χ3n) is 2.32. The second-order valence-corrected chi connectivity index (χ2v) is 3.25. The van der Waals surface area contributed by atoms with Crippen molar-refractivity contribution in [3.05, 3.63) is 23.9 Å². The summed E-state index contributed by atoms with van der Waals surface area (Å²) in [6, 6.07) is 5.69. The molecule has 1 saturated heterocycles. The van der Waals surface area contributed by atoms with Crippen molar-refractivity contribution < 1.29 is 0 Å². The van der Waals surface area contributed by atoms with E-state index in [2.05, 4.69) is 21.3 Å². The molecule has 0 unspecified atom stereocenters. The number of nitriles is 1. The molecule has 0 radical (unpaired) electrons. The van der Waals surface area contributed by atoms with E-state index in [4.69, 9.17) is 5.26 Å². The minimum absolute atomic E-state index is 0. The van der Waals surface area contributed by atoms with Crippen LogP contribution in [-0.4, -0.2) is 31.2 Å². The molecule has 1 aliphatic rings. The number of hydrogen-bond acceptors (Lipinski definition) is 4. The molecular weight excluding hydrogens is 247 g/mol. The number of rotatable bonds is 1. The van der Waals surface area contributed by atoms with E-state index in [1.807, 2.05) is 6.07 Å². The lowest BCUT2D eigenvalue weighted by atomic mass is 10.2. The number of pyridine rings is 1. The number of piperazine rings is 1. The van der Waals surface area contributed by atoms with Crippen molar-refractivity contribution in [3.8, 4) is 6.07 Å². The van der Waals surface area contributed by atoms with Crippen LogP contribution in [0.3, 0.4) is 0 Å². The van der Waals surface area contributed by atoms with Crippen LogP contribution in [0.4, 0.5) is 5.82 Å². The van der Waals surface area contributed by atoms with E-state index in [1.54, 1.807) is 12.3 Å². The van der Waals surface area contributed by atoms with Gasteiger partial charge < -0.3 is 10.2 Å². The number of nitrogens with one attached hydrogen (secondary N) is 1. The maximum absolute atomic E-state index is 8.75. The number of nitrogens with zero attached hydrogens (tertiary/aromatic N) is 3. The van der Waals surface area contributed by atoms with Crippen molar-refractivity contribution in [2.45, 2.75) is 0 Å². The Balaban J connectivity index is 0.00000112. The van der Waals surface area contributed by atoms with Crippen molar-refractivity contribution in [2.24, 2.45) is 0 Å². The molecule has 1 fully saturated rings. The second-order valence-electron chi connectivity index (χ2n) is 3.25. The normalized spacial score (nSPS) is 14.3. The molecule has 0 saturated carbocycles. The second kappa shape index (κ2) is 7.29. The van der Waals surface area contributed by atoms with Gasteiger partial charge in [-0.3, -0.25) is 0 Å². The zero-order chi connectivity index (χ0) is 9.80. The molecule has 6 heteroatoms. The van der Waals surface area contributed by atoms with Gasteiger partial charge in [0.1, 0.15) is 5.82 Å². The Morgan fingerprint density at radius 1 is 1.31 bits per heavy atom. The smallest absolute Gasteiger partial charge is 0.129 e. The molecule has 1 N–H and O–H groups in total. The molecule has 0 aromatic carbocycles. The van der Waals surface area contributed by atoms with E-state index >= 15 is 0 Å². The largest absolute Gasteiger partial charge is 0.354 e. The maximum atomic E-state index is 8.75. The first-order valence-electron chi connectivity index (χ1n) is 4.72. The van der Waals surface area contributed by atoms with Gasteiger partial charge in [0.05, 0.1) is 11.6 Å². The van der Waals surface area contributed by atoms with Crippen LogP contribution in [0.5, 0.6) is 0 Å². The van der Waals surface area contributed by atoms with Crippen LogP contribution in [0.15, 0.2) is 18.3 Å². The SMILES string of the molecule is Cl.Cl.N#Cc1ccnc(N2CCNCC2)c1. The van der Waals surface area contributed by atoms with Gasteiger partial charge in [-0.15, -0.1) is 24.8 Å².